The van der Waals surface area contributed by atoms with E-state index >= 15 is 0 Å². The van der Waals surface area contributed by atoms with Crippen LogP contribution in [0.15, 0.2) is 28.9 Å². The third kappa shape index (κ3) is 2.52. The second-order valence-corrected chi connectivity index (χ2v) is 3.94. The maximum absolute atomic E-state index is 11.8. The highest BCUT2D eigenvalue weighted by Gasteiger charge is 2.21. The third-order valence-corrected chi connectivity index (χ3v) is 2.86. The zero-order valence-electron chi connectivity index (χ0n) is 9.35. The smallest absolute Gasteiger partial charge is 0.246 e. The molecule has 0 radical (unpaired) electrons. The van der Waals surface area contributed by atoms with Gasteiger partial charge in [-0.3, -0.25) is 4.79 Å². The summed E-state index contributed by atoms with van der Waals surface area (Å²) >= 11 is 0. The predicted molar refractivity (Wildman–Crippen MR) is 61.8 cm³/mol. The van der Waals surface area contributed by atoms with Gasteiger partial charge in [-0.25, -0.2) is 0 Å². The average molecular weight is 220 g/mol. The maximum Gasteiger partial charge on any atom is 0.246 e. The van der Waals surface area contributed by atoms with Crippen LogP contribution in [0.25, 0.3) is 6.08 Å². The van der Waals surface area contributed by atoms with E-state index in [1.807, 2.05) is 13.1 Å². The molecule has 1 fully saturated rings. The third-order valence-electron chi connectivity index (χ3n) is 2.86. The lowest BCUT2D eigenvalue weighted by Gasteiger charge is -2.21. The molecule has 1 amide bonds. The van der Waals surface area contributed by atoms with E-state index in [9.17, 15) is 4.79 Å². The lowest BCUT2D eigenvalue weighted by Crippen LogP contribution is -2.37. The van der Waals surface area contributed by atoms with Crippen LogP contribution in [0.1, 0.15) is 12.2 Å². The van der Waals surface area contributed by atoms with Crippen molar-refractivity contribution >= 4 is 12.0 Å². The minimum Gasteiger partial charge on any atom is -0.465 e. The summed E-state index contributed by atoms with van der Waals surface area (Å²) in [7, 11) is 1.84. The Morgan fingerprint density at radius 1 is 1.69 bits per heavy atom. The van der Waals surface area contributed by atoms with Crippen LogP contribution in [0.3, 0.4) is 0 Å². The normalized spacial score (nSPS) is 20.4. The number of amides is 1. The molecule has 0 saturated carbocycles. The summed E-state index contributed by atoms with van der Waals surface area (Å²) < 4.78 is 5.12. The van der Waals surface area contributed by atoms with Crippen LogP contribution in [0, 0.1) is 0 Å². The topological polar surface area (TPSA) is 45.5 Å². The van der Waals surface area contributed by atoms with Gasteiger partial charge in [0.1, 0.15) is 5.76 Å². The second-order valence-electron chi connectivity index (χ2n) is 3.94. The highest BCUT2D eigenvalue weighted by atomic mass is 16.3. The van der Waals surface area contributed by atoms with Crippen molar-refractivity contribution in [3.05, 3.63) is 30.2 Å². The SMILES string of the molecule is CN(C(=O)C=Cc1ccco1)C1CCNC1. The van der Waals surface area contributed by atoms with Crippen molar-refractivity contribution in [3.8, 4) is 0 Å². The van der Waals surface area contributed by atoms with Gasteiger partial charge in [-0.05, 0) is 31.2 Å². The molecule has 16 heavy (non-hydrogen) atoms. The van der Waals surface area contributed by atoms with Crippen molar-refractivity contribution in [2.75, 3.05) is 20.1 Å². The number of likely N-dealkylation sites (N-methyl/N-ethyl adjacent to an activating group) is 1. The van der Waals surface area contributed by atoms with E-state index in [1.165, 1.54) is 0 Å². The van der Waals surface area contributed by atoms with Gasteiger partial charge in [0, 0.05) is 25.7 Å². The molecule has 1 unspecified atom stereocenters. The number of nitrogens with zero attached hydrogens (tertiary/aromatic N) is 1. The number of hydrogen-bond acceptors (Lipinski definition) is 3. The number of carbonyl (C=O) groups is 1. The molecule has 0 aromatic carbocycles. The van der Waals surface area contributed by atoms with Crippen LogP contribution in [0.2, 0.25) is 0 Å². The molecule has 1 N–H and O–H groups in total. The molecule has 2 rings (SSSR count). The molecular formula is C12H16N2O2. The molecule has 1 saturated heterocycles. The van der Waals surface area contributed by atoms with Crippen LogP contribution in [0.4, 0.5) is 0 Å². The Morgan fingerprint density at radius 2 is 2.56 bits per heavy atom. The van der Waals surface area contributed by atoms with Gasteiger partial charge < -0.3 is 14.6 Å². The zero-order valence-corrected chi connectivity index (χ0v) is 9.35. The molecule has 1 aliphatic heterocycles. The largest absolute Gasteiger partial charge is 0.465 e. The first-order chi connectivity index (χ1) is 7.77. The Bertz CT molecular complexity index is 364. The second kappa shape index (κ2) is 4.99. The van der Waals surface area contributed by atoms with Crippen molar-refractivity contribution in [1.82, 2.24) is 10.2 Å². The lowest BCUT2D eigenvalue weighted by atomic mass is 10.2. The molecule has 4 nitrogen and oxygen atoms in total. The summed E-state index contributed by atoms with van der Waals surface area (Å²) in [5.41, 5.74) is 0. The summed E-state index contributed by atoms with van der Waals surface area (Å²) in [5.74, 6) is 0.719. The van der Waals surface area contributed by atoms with Crippen LogP contribution >= 0.6 is 0 Å². The summed E-state index contributed by atoms with van der Waals surface area (Å²) in [6.45, 7) is 1.88. The van der Waals surface area contributed by atoms with Crippen molar-refractivity contribution < 1.29 is 9.21 Å². The molecule has 1 aromatic heterocycles. The molecule has 86 valence electrons. The van der Waals surface area contributed by atoms with E-state index < -0.39 is 0 Å². The summed E-state index contributed by atoms with van der Waals surface area (Å²) in [6, 6.07) is 3.93. The molecular weight excluding hydrogens is 204 g/mol. The van der Waals surface area contributed by atoms with E-state index in [1.54, 1.807) is 29.4 Å². The van der Waals surface area contributed by atoms with Gasteiger partial charge in [0.2, 0.25) is 5.91 Å². The van der Waals surface area contributed by atoms with Gasteiger partial charge in [-0.2, -0.15) is 0 Å². The van der Waals surface area contributed by atoms with Crippen LogP contribution < -0.4 is 5.32 Å². The van der Waals surface area contributed by atoms with E-state index in [-0.39, 0.29) is 5.91 Å². The molecule has 1 aromatic rings. The standard InChI is InChI=1S/C12H16N2O2/c1-14(10-6-7-13-9-10)12(15)5-4-11-3-2-8-16-11/h2-5,8,10,13H,6-7,9H2,1H3. The fraction of sp³-hybridized carbons (Fsp3) is 0.417. The summed E-state index contributed by atoms with van der Waals surface area (Å²) in [5, 5.41) is 3.24. The molecule has 0 aliphatic carbocycles. The van der Waals surface area contributed by atoms with Gasteiger partial charge in [0.25, 0.3) is 0 Å². The van der Waals surface area contributed by atoms with E-state index in [2.05, 4.69) is 5.32 Å². The maximum atomic E-state index is 11.8. The van der Waals surface area contributed by atoms with E-state index in [0.29, 0.717) is 11.8 Å². The Morgan fingerprint density at radius 3 is 3.19 bits per heavy atom. The van der Waals surface area contributed by atoms with Gasteiger partial charge in [0.05, 0.1) is 6.26 Å². The first kappa shape index (κ1) is 11.0. The minimum absolute atomic E-state index is 0.0186. The Labute approximate surface area is 94.9 Å². The van der Waals surface area contributed by atoms with Crippen molar-refractivity contribution in [1.29, 1.82) is 0 Å². The number of rotatable bonds is 3. The predicted octanol–water partition coefficient (Wildman–Crippen LogP) is 1.11. The van der Waals surface area contributed by atoms with Crippen LogP contribution in [-0.4, -0.2) is 37.0 Å². The number of carbonyl (C=O) groups excluding carboxylic acids is 1. The van der Waals surface area contributed by atoms with Crippen molar-refractivity contribution in [2.45, 2.75) is 12.5 Å². The Hall–Kier alpha value is -1.55. The van der Waals surface area contributed by atoms with Crippen molar-refractivity contribution in [3.63, 3.8) is 0 Å². The first-order valence-electron chi connectivity index (χ1n) is 5.46. The quantitative estimate of drug-likeness (QED) is 0.776. The molecule has 1 aliphatic rings. The monoisotopic (exact) mass is 220 g/mol. The van der Waals surface area contributed by atoms with E-state index in [4.69, 9.17) is 4.42 Å². The highest BCUT2D eigenvalue weighted by molar-refractivity contribution is 5.91. The molecule has 2 heterocycles. The first-order valence-corrected chi connectivity index (χ1v) is 5.46. The fourth-order valence-corrected chi connectivity index (χ4v) is 1.81. The highest BCUT2D eigenvalue weighted by Crippen LogP contribution is 2.08. The fourth-order valence-electron chi connectivity index (χ4n) is 1.81. The van der Waals surface area contributed by atoms with Crippen molar-refractivity contribution in [2.24, 2.45) is 0 Å². The average Bonchev–Trinajstić information content (AvgIpc) is 2.96. The molecule has 1 atom stereocenters. The van der Waals surface area contributed by atoms with Gasteiger partial charge in [-0.15, -0.1) is 0 Å². The number of nitrogens with one attached hydrogen (secondary N) is 1. The summed E-state index contributed by atoms with van der Waals surface area (Å²) in [6.07, 6.45) is 5.87. The Balaban J connectivity index is 1.92. The Kier molecular flexibility index (Phi) is 3.41. The summed E-state index contributed by atoms with van der Waals surface area (Å²) in [4.78, 5) is 13.6. The van der Waals surface area contributed by atoms with Crippen LogP contribution in [0.5, 0.6) is 0 Å². The minimum atomic E-state index is 0.0186. The molecule has 4 heteroatoms. The molecule has 0 spiro atoms. The van der Waals surface area contributed by atoms with E-state index in [0.717, 1.165) is 19.5 Å². The zero-order chi connectivity index (χ0) is 11.4. The lowest BCUT2D eigenvalue weighted by molar-refractivity contribution is -0.126. The van der Waals surface area contributed by atoms with Gasteiger partial charge >= 0.3 is 0 Å². The van der Waals surface area contributed by atoms with Crippen LogP contribution in [-0.2, 0) is 4.79 Å². The van der Waals surface area contributed by atoms with Gasteiger partial charge in [0.15, 0.2) is 0 Å². The number of furan rings is 1. The van der Waals surface area contributed by atoms with Gasteiger partial charge in [-0.1, -0.05) is 0 Å². The number of hydrogen-bond donors (Lipinski definition) is 1. The molecule has 0 bridgehead atoms.